The van der Waals surface area contributed by atoms with Crippen LogP contribution in [0.3, 0.4) is 0 Å². The summed E-state index contributed by atoms with van der Waals surface area (Å²) in [6.07, 6.45) is 0. The Morgan fingerprint density at radius 1 is 0.217 bits per heavy atom. The van der Waals surface area contributed by atoms with E-state index in [0.29, 0.717) is 0 Å². The van der Waals surface area contributed by atoms with Crippen LogP contribution in [0.25, 0.3) is 66.8 Å². The molecule has 2 aliphatic heterocycles. The maximum absolute atomic E-state index is 6.72. The van der Waals surface area contributed by atoms with E-state index in [2.05, 4.69) is 314 Å². The summed E-state index contributed by atoms with van der Waals surface area (Å²) in [5, 5.41) is 0. The van der Waals surface area contributed by atoms with E-state index >= 15 is 0 Å². The van der Waals surface area contributed by atoms with Gasteiger partial charge in [-0.1, -0.05) is 255 Å². The first-order valence-corrected chi connectivity index (χ1v) is 28.6. The normalized spacial score (nSPS) is 13.7. The van der Waals surface area contributed by atoms with E-state index in [1.54, 1.807) is 0 Å². The second kappa shape index (κ2) is 18.4. The van der Waals surface area contributed by atoms with Gasteiger partial charge < -0.3 is 14.4 Å². The molecule has 0 radical (unpaired) electrons. The molecule has 0 saturated carbocycles. The lowest BCUT2D eigenvalue weighted by Gasteiger charge is -2.39. The molecule has 0 aromatic heterocycles. The van der Waals surface area contributed by atoms with Gasteiger partial charge in [0, 0.05) is 39.1 Å². The molecule has 2 heterocycles. The van der Waals surface area contributed by atoms with Gasteiger partial charge in [0.15, 0.2) is 0 Å². The quantitative estimate of drug-likeness (QED) is 0.159. The van der Waals surface area contributed by atoms with Crippen LogP contribution in [-0.2, 0) is 10.8 Å². The highest BCUT2D eigenvalue weighted by atomic mass is 16.5. The first kappa shape index (κ1) is 47.1. The Hall–Kier alpha value is -10.7. The van der Waals surface area contributed by atoms with E-state index in [0.717, 1.165) is 90.1 Å². The predicted octanol–water partition coefficient (Wildman–Crippen LogP) is 20.8. The van der Waals surface area contributed by atoms with Gasteiger partial charge in [0.1, 0.15) is 23.0 Å². The second-order valence-corrected chi connectivity index (χ2v) is 22.1. The summed E-state index contributed by atoms with van der Waals surface area (Å²) in [5.74, 6) is 3.54. The molecule has 0 fully saturated rings. The molecule has 0 saturated heterocycles. The summed E-state index contributed by atoms with van der Waals surface area (Å²) in [4.78, 5) is 2.50. The molecular weight excluding hydrogens is 1010 g/mol. The van der Waals surface area contributed by atoms with E-state index in [-0.39, 0.29) is 0 Å². The SMILES string of the molecule is c1ccc(-c2ccc(-c3ccccc3N(c3cccc(-c4cccc5c4-c4ccccc4C54c5ccccc5Oc5ccccc54)c3)c3ccccc3-c3ccc4c(c3)-c3ccccc3C43c4ccccc4Oc4ccccc43)cc2)cc1. The van der Waals surface area contributed by atoms with E-state index < -0.39 is 10.8 Å². The third-order valence-electron chi connectivity index (χ3n) is 18.0. The molecule has 0 atom stereocenters. The topological polar surface area (TPSA) is 21.7 Å². The molecular formula is C80H51NO2. The molecule has 0 N–H and O–H groups in total. The molecule has 3 heteroatoms. The minimum atomic E-state index is -0.585. The Morgan fingerprint density at radius 3 is 1.19 bits per heavy atom. The Labute approximate surface area is 483 Å². The van der Waals surface area contributed by atoms with Crippen molar-refractivity contribution in [1.82, 2.24) is 0 Å². The lowest BCUT2D eigenvalue weighted by Crippen LogP contribution is -2.32. The molecule has 3 nitrogen and oxygen atoms in total. The van der Waals surface area contributed by atoms with Gasteiger partial charge >= 0.3 is 0 Å². The van der Waals surface area contributed by atoms with Gasteiger partial charge in [-0.2, -0.15) is 0 Å². The van der Waals surface area contributed by atoms with E-state index in [1.807, 2.05) is 0 Å². The number of benzene rings is 13. The average Bonchev–Trinajstić information content (AvgIpc) is 1.74. The predicted molar refractivity (Wildman–Crippen MR) is 338 cm³/mol. The zero-order chi connectivity index (χ0) is 54.6. The molecule has 2 spiro atoms. The standard InChI is InChI=1S/C80H51NO2/c1-2-22-52(23-3-1)53-44-46-54(47-45-53)58-26-6-14-38-72(58)81(57-25-20-24-55(50-57)60-30-21-37-71-78(60)62-29-5-9-32-65(62)80(71)69-35-12-18-42-76(69)83-77-43-19-13-36-70(77)80)73-39-15-7-27-59(73)56-48-49-66-63(51-56)61-28-4-8-31-64(61)79(66)67-33-10-16-40-74(67)82-75-41-17-11-34-68(75)79/h1-51H. The Morgan fingerprint density at radius 2 is 0.590 bits per heavy atom. The molecule has 388 valence electrons. The maximum atomic E-state index is 6.72. The lowest BCUT2D eigenvalue weighted by molar-refractivity contribution is 0.436. The highest BCUT2D eigenvalue weighted by Gasteiger charge is 2.53. The summed E-state index contributed by atoms with van der Waals surface area (Å²) >= 11 is 0. The Bertz CT molecular complexity index is 4670. The van der Waals surface area contributed by atoms with Crippen LogP contribution in [0.4, 0.5) is 17.1 Å². The van der Waals surface area contributed by atoms with Crippen LogP contribution in [-0.4, -0.2) is 0 Å². The molecule has 17 rings (SSSR count). The van der Waals surface area contributed by atoms with Gasteiger partial charge in [0.2, 0.25) is 0 Å². The van der Waals surface area contributed by atoms with Crippen LogP contribution in [0.5, 0.6) is 23.0 Å². The summed E-state index contributed by atoms with van der Waals surface area (Å²) in [6, 6.07) is 113. The van der Waals surface area contributed by atoms with Gasteiger partial charge in [-0.3, -0.25) is 0 Å². The molecule has 4 aliphatic rings. The number of para-hydroxylation sites is 6. The minimum absolute atomic E-state index is 0.563. The summed E-state index contributed by atoms with van der Waals surface area (Å²) in [7, 11) is 0. The molecule has 0 amide bonds. The number of nitrogens with zero attached hydrogens (tertiary/aromatic N) is 1. The smallest absolute Gasteiger partial charge is 0.132 e. The molecule has 83 heavy (non-hydrogen) atoms. The Balaban J connectivity index is 0.872. The zero-order valence-electron chi connectivity index (χ0n) is 45.2. The fourth-order valence-corrected chi connectivity index (χ4v) is 14.7. The van der Waals surface area contributed by atoms with Crippen molar-refractivity contribution < 1.29 is 9.47 Å². The molecule has 13 aromatic rings. The van der Waals surface area contributed by atoms with Crippen LogP contribution in [0.15, 0.2) is 309 Å². The largest absolute Gasteiger partial charge is 0.457 e. The van der Waals surface area contributed by atoms with E-state index in [1.165, 1.54) is 61.2 Å². The van der Waals surface area contributed by atoms with Gasteiger partial charge in [0.05, 0.1) is 22.2 Å². The summed E-state index contributed by atoms with van der Waals surface area (Å²) in [6.45, 7) is 0. The van der Waals surface area contributed by atoms with Crippen molar-refractivity contribution in [2.75, 3.05) is 4.90 Å². The van der Waals surface area contributed by atoms with Crippen molar-refractivity contribution in [1.29, 1.82) is 0 Å². The monoisotopic (exact) mass is 1060 g/mol. The number of hydrogen-bond donors (Lipinski definition) is 0. The van der Waals surface area contributed by atoms with Crippen LogP contribution >= 0.6 is 0 Å². The number of hydrogen-bond acceptors (Lipinski definition) is 3. The van der Waals surface area contributed by atoms with Crippen molar-refractivity contribution in [3.8, 4) is 89.8 Å². The van der Waals surface area contributed by atoms with E-state index in [4.69, 9.17) is 9.47 Å². The van der Waals surface area contributed by atoms with Crippen LogP contribution in [0.2, 0.25) is 0 Å². The molecule has 0 unspecified atom stereocenters. The van der Waals surface area contributed by atoms with Crippen molar-refractivity contribution in [3.63, 3.8) is 0 Å². The number of ether oxygens (including phenoxy) is 2. The van der Waals surface area contributed by atoms with Gasteiger partial charge in [-0.05, 0) is 132 Å². The molecule has 0 bridgehead atoms. The minimum Gasteiger partial charge on any atom is -0.457 e. The number of fused-ring (bicyclic) bond motifs is 18. The van der Waals surface area contributed by atoms with Crippen molar-refractivity contribution in [3.05, 3.63) is 354 Å². The third kappa shape index (κ3) is 6.80. The van der Waals surface area contributed by atoms with Crippen molar-refractivity contribution in [2.45, 2.75) is 10.8 Å². The number of rotatable bonds is 7. The fourth-order valence-electron chi connectivity index (χ4n) is 14.7. The third-order valence-corrected chi connectivity index (χ3v) is 18.0. The van der Waals surface area contributed by atoms with Gasteiger partial charge in [-0.25, -0.2) is 0 Å². The van der Waals surface area contributed by atoms with Crippen molar-refractivity contribution in [2.24, 2.45) is 0 Å². The molecule has 13 aromatic carbocycles. The maximum Gasteiger partial charge on any atom is 0.132 e. The van der Waals surface area contributed by atoms with Crippen LogP contribution in [0.1, 0.15) is 44.5 Å². The van der Waals surface area contributed by atoms with Gasteiger partial charge in [-0.15, -0.1) is 0 Å². The van der Waals surface area contributed by atoms with Crippen LogP contribution < -0.4 is 14.4 Å². The zero-order valence-corrected chi connectivity index (χ0v) is 45.2. The summed E-state index contributed by atoms with van der Waals surface area (Å²) < 4.78 is 13.4. The lowest BCUT2D eigenvalue weighted by atomic mass is 9.66. The highest BCUT2D eigenvalue weighted by molar-refractivity contribution is 6.00. The first-order valence-electron chi connectivity index (χ1n) is 28.6. The average molecular weight is 1060 g/mol. The van der Waals surface area contributed by atoms with Crippen molar-refractivity contribution >= 4 is 17.1 Å². The van der Waals surface area contributed by atoms with Gasteiger partial charge in [0.25, 0.3) is 0 Å². The highest BCUT2D eigenvalue weighted by Crippen LogP contribution is 2.65. The number of anilines is 3. The van der Waals surface area contributed by atoms with Crippen LogP contribution in [0, 0.1) is 0 Å². The first-order chi connectivity index (χ1) is 41.2. The fraction of sp³-hybridized carbons (Fsp3) is 0.0250. The summed E-state index contributed by atoms with van der Waals surface area (Å²) in [5.41, 5.74) is 25.8. The van der Waals surface area contributed by atoms with E-state index in [9.17, 15) is 0 Å². The second-order valence-electron chi connectivity index (χ2n) is 22.1. The Kier molecular flexibility index (Phi) is 10.4. The molecule has 2 aliphatic carbocycles.